The van der Waals surface area contributed by atoms with Crippen LogP contribution in [0, 0.1) is 6.92 Å². The fourth-order valence-corrected chi connectivity index (χ4v) is 3.61. The lowest BCUT2D eigenvalue weighted by Gasteiger charge is -2.14. The number of carbonyl (C=O) groups excluding carboxylic acids is 2. The molecule has 0 aliphatic carbocycles. The van der Waals surface area contributed by atoms with E-state index < -0.39 is 0 Å². The molecular weight excluding hydrogens is 404 g/mol. The molecule has 0 radical (unpaired) electrons. The number of benzene rings is 3. The maximum absolute atomic E-state index is 13.3. The first-order chi connectivity index (χ1) is 15.5. The van der Waals surface area contributed by atoms with Crippen LogP contribution in [0.5, 0.6) is 0 Å². The van der Waals surface area contributed by atoms with E-state index in [9.17, 15) is 14.4 Å². The van der Waals surface area contributed by atoms with Crippen LogP contribution < -0.4 is 16.2 Å². The van der Waals surface area contributed by atoms with Gasteiger partial charge >= 0.3 is 0 Å². The van der Waals surface area contributed by atoms with Crippen LogP contribution in [0.25, 0.3) is 16.6 Å². The Hall–Kier alpha value is -4.13. The topological polar surface area (TPSA) is 85.1 Å². The molecule has 0 spiro atoms. The van der Waals surface area contributed by atoms with Crippen molar-refractivity contribution < 1.29 is 9.59 Å². The Balaban J connectivity index is 1.79. The van der Waals surface area contributed by atoms with E-state index in [0.29, 0.717) is 28.7 Å². The van der Waals surface area contributed by atoms with E-state index in [2.05, 4.69) is 10.6 Å². The maximum Gasteiger partial charge on any atom is 0.279 e. The first-order valence-electron chi connectivity index (χ1n) is 10.4. The predicted octanol–water partition coefficient (Wildman–Crippen LogP) is 4.09. The van der Waals surface area contributed by atoms with Crippen molar-refractivity contribution in [2.75, 3.05) is 10.6 Å². The third-order valence-corrected chi connectivity index (χ3v) is 5.26. The van der Waals surface area contributed by atoms with Gasteiger partial charge in [0, 0.05) is 17.8 Å². The molecule has 1 heterocycles. The van der Waals surface area contributed by atoms with Crippen LogP contribution in [-0.4, -0.2) is 21.2 Å². The van der Waals surface area contributed by atoms with E-state index in [-0.39, 0.29) is 23.9 Å². The molecule has 2 N–H and O–H groups in total. The number of aryl methyl sites for hydroxylation is 1. The molecule has 1 aromatic heterocycles. The van der Waals surface area contributed by atoms with Crippen LogP contribution in [0.15, 0.2) is 77.6 Å². The monoisotopic (exact) mass is 428 g/mol. The van der Waals surface area contributed by atoms with Gasteiger partial charge in [-0.1, -0.05) is 43.3 Å². The molecule has 2 amide bonds. The number of para-hydroxylation sites is 2. The van der Waals surface area contributed by atoms with Crippen LogP contribution in [0.4, 0.5) is 11.4 Å². The summed E-state index contributed by atoms with van der Waals surface area (Å²) in [6, 6.07) is 21.8. The highest BCUT2D eigenvalue weighted by atomic mass is 16.2. The first kappa shape index (κ1) is 21.1. The number of nitrogens with zero attached hydrogens (tertiary/aromatic N) is 2. The summed E-state index contributed by atoms with van der Waals surface area (Å²) < 4.78 is 3.15. The van der Waals surface area contributed by atoms with Gasteiger partial charge in [-0.3, -0.25) is 19.1 Å². The molecule has 4 aromatic rings. The lowest BCUT2D eigenvalue weighted by molar-refractivity contribution is -0.117. The zero-order valence-electron chi connectivity index (χ0n) is 18.0. The molecule has 3 aromatic carbocycles. The van der Waals surface area contributed by atoms with E-state index in [4.69, 9.17) is 0 Å². The van der Waals surface area contributed by atoms with Crippen molar-refractivity contribution in [3.63, 3.8) is 0 Å². The van der Waals surface area contributed by atoms with Crippen LogP contribution in [0.2, 0.25) is 0 Å². The summed E-state index contributed by atoms with van der Waals surface area (Å²) in [4.78, 5) is 38.1. The SMILES string of the molecule is CCC(=O)Nc1ccc2c(c1)c(=O)n(-c1ccccc1)n2CC(=O)Nc1ccccc1C. The molecule has 0 saturated carbocycles. The number of rotatable bonds is 6. The van der Waals surface area contributed by atoms with Gasteiger partial charge < -0.3 is 10.6 Å². The summed E-state index contributed by atoms with van der Waals surface area (Å²) in [6.45, 7) is 3.63. The number of carbonyl (C=O) groups is 2. The van der Waals surface area contributed by atoms with Crippen molar-refractivity contribution in [2.45, 2.75) is 26.8 Å². The van der Waals surface area contributed by atoms with E-state index >= 15 is 0 Å². The van der Waals surface area contributed by atoms with Gasteiger partial charge in [0.1, 0.15) is 6.54 Å². The molecule has 32 heavy (non-hydrogen) atoms. The summed E-state index contributed by atoms with van der Waals surface area (Å²) in [5.74, 6) is -0.381. The molecule has 0 bridgehead atoms. The largest absolute Gasteiger partial charge is 0.326 e. The third kappa shape index (κ3) is 4.18. The summed E-state index contributed by atoms with van der Waals surface area (Å²) in [6.07, 6.45) is 0.340. The molecule has 0 aliphatic rings. The molecule has 0 unspecified atom stereocenters. The second-order valence-electron chi connectivity index (χ2n) is 7.51. The summed E-state index contributed by atoms with van der Waals surface area (Å²) >= 11 is 0. The van der Waals surface area contributed by atoms with Gasteiger partial charge in [0.15, 0.2) is 0 Å². The van der Waals surface area contributed by atoms with E-state index in [1.165, 1.54) is 4.68 Å². The Labute approximate surface area is 185 Å². The van der Waals surface area contributed by atoms with Gasteiger partial charge in [-0.15, -0.1) is 0 Å². The molecule has 162 valence electrons. The highest BCUT2D eigenvalue weighted by molar-refractivity contribution is 5.95. The van der Waals surface area contributed by atoms with Crippen molar-refractivity contribution in [3.8, 4) is 5.69 Å². The number of hydrogen-bond donors (Lipinski definition) is 2. The van der Waals surface area contributed by atoms with Gasteiger partial charge in [0.25, 0.3) is 5.56 Å². The molecule has 0 atom stereocenters. The van der Waals surface area contributed by atoms with Crippen LogP contribution in [0.3, 0.4) is 0 Å². The van der Waals surface area contributed by atoms with E-state index in [1.807, 2.05) is 61.5 Å². The zero-order chi connectivity index (χ0) is 22.7. The van der Waals surface area contributed by atoms with Crippen LogP contribution >= 0.6 is 0 Å². The molecule has 0 aliphatic heterocycles. The minimum absolute atomic E-state index is 0.0529. The normalized spacial score (nSPS) is 10.8. The van der Waals surface area contributed by atoms with E-state index in [1.54, 1.807) is 29.8 Å². The summed E-state index contributed by atoms with van der Waals surface area (Å²) in [5.41, 5.74) is 3.22. The molecule has 0 fully saturated rings. The fraction of sp³-hybridized carbons (Fsp3) is 0.160. The highest BCUT2D eigenvalue weighted by Gasteiger charge is 2.18. The summed E-state index contributed by atoms with van der Waals surface area (Å²) in [7, 11) is 0. The minimum atomic E-state index is -0.262. The second kappa shape index (κ2) is 8.93. The number of nitrogens with one attached hydrogen (secondary N) is 2. The van der Waals surface area contributed by atoms with Gasteiger partial charge in [-0.25, -0.2) is 4.68 Å². The van der Waals surface area contributed by atoms with Crippen LogP contribution in [-0.2, 0) is 16.1 Å². The van der Waals surface area contributed by atoms with Crippen molar-refractivity contribution in [1.82, 2.24) is 9.36 Å². The van der Waals surface area contributed by atoms with Gasteiger partial charge in [0.2, 0.25) is 11.8 Å². The average molecular weight is 428 g/mol. The third-order valence-electron chi connectivity index (χ3n) is 5.26. The second-order valence-corrected chi connectivity index (χ2v) is 7.51. The molecule has 0 saturated heterocycles. The molecular formula is C25H24N4O3. The number of fused-ring (bicyclic) bond motifs is 1. The smallest absolute Gasteiger partial charge is 0.279 e. The molecule has 7 nitrogen and oxygen atoms in total. The van der Waals surface area contributed by atoms with Crippen molar-refractivity contribution in [2.24, 2.45) is 0 Å². The molecule has 7 heteroatoms. The Kier molecular flexibility index (Phi) is 5.89. The predicted molar refractivity (Wildman–Crippen MR) is 126 cm³/mol. The van der Waals surface area contributed by atoms with E-state index in [0.717, 1.165) is 11.3 Å². The number of anilines is 2. The summed E-state index contributed by atoms with van der Waals surface area (Å²) in [5, 5.41) is 6.13. The minimum Gasteiger partial charge on any atom is -0.326 e. The first-order valence-corrected chi connectivity index (χ1v) is 10.4. The van der Waals surface area contributed by atoms with Crippen LogP contribution in [0.1, 0.15) is 18.9 Å². The quantitative estimate of drug-likeness (QED) is 0.485. The highest BCUT2D eigenvalue weighted by Crippen LogP contribution is 2.21. The Bertz CT molecular complexity index is 1350. The zero-order valence-corrected chi connectivity index (χ0v) is 18.0. The number of hydrogen-bond acceptors (Lipinski definition) is 3. The lowest BCUT2D eigenvalue weighted by Crippen LogP contribution is -2.27. The molecule has 4 rings (SSSR count). The fourth-order valence-electron chi connectivity index (χ4n) is 3.61. The van der Waals surface area contributed by atoms with Crippen molar-refractivity contribution >= 4 is 34.1 Å². The lowest BCUT2D eigenvalue weighted by atomic mass is 10.2. The van der Waals surface area contributed by atoms with Gasteiger partial charge in [-0.2, -0.15) is 0 Å². The maximum atomic E-state index is 13.3. The van der Waals surface area contributed by atoms with Crippen molar-refractivity contribution in [1.29, 1.82) is 0 Å². The average Bonchev–Trinajstić information content (AvgIpc) is 3.06. The van der Waals surface area contributed by atoms with Crippen molar-refractivity contribution in [3.05, 3.63) is 88.7 Å². The Morgan fingerprint density at radius 2 is 1.59 bits per heavy atom. The Morgan fingerprint density at radius 3 is 2.31 bits per heavy atom. The van der Waals surface area contributed by atoms with Gasteiger partial charge in [-0.05, 0) is 48.9 Å². The van der Waals surface area contributed by atoms with Gasteiger partial charge in [0.05, 0.1) is 16.6 Å². The Morgan fingerprint density at radius 1 is 0.875 bits per heavy atom. The standard InChI is InChI=1S/C25H24N4O3/c1-3-23(30)26-18-13-14-22-20(15-18)25(32)29(19-10-5-4-6-11-19)28(22)16-24(31)27-21-12-8-7-9-17(21)2/h4-15H,3,16H2,1-2H3,(H,26,30)(H,27,31). The number of amides is 2. The number of aromatic nitrogens is 2.